The number of nitrogens with one attached hydrogen (secondary N) is 1. The number of ether oxygens (including phenoxy) is 2. The van der Waals surface area contributed by atoms with E-state index in [1.807, 2.05) is 10.9 Å². The van der Waals surface area contributed by atoms with Crippen LogP contribution < -0.4 is 5.32 Å². The Morgan fingerprint density at radius 3 is 2.93 bits per heavy atom. The van der Waals surface area contributed by atoms with E-state index in [-0.39, 0.29) is 24.7 Å². The summed E-state index contributed by atoms with van der Waals surface area (Å²) in [5.41, 5.74) is 2.39. The fourth-order valence-corrected chi connectivity index (χ4v) is 4.88. The number of rotatable bonds is 8. The molecule has 6 heteroatoms. The van der Waals surface area contributed by atoms with E-state index in [1.54, 1.807) is 7.11 Å². The summed E-state index contributed by atoms with van der Waals surface area (Å²) in [5, 5.41) is 7.71. The molecule has 1 saturated carbocycles. The predicted molar refractivity (Wildman–Crippen MR) is 109 cm³/mol. The van der Waals surface area contributed by atoms with Gasteiger partial charge in [-0.2, -0.15) is 5.10 Å². The Morgan fingerprint density at radius 2 is 2.18 bits per heavy atom. The van der Waals surface area contributed by atoms with Crippen LogP contribution in [0.25, 0.3) is 0 Å². The van der Waals surface area contributed by atoms with Crippen molar-refractivity contribution in [2.45, 2.75) is 78.0 Å². The van der Waals surface area contributed by atoms with Gasteiger partial charge in [0, 0.05) is 7.11 Å². The number of fused-ring (bicyclic) bond motifs is 1. The lowest BCUT2D eigenvalue weighted by atomic mass is 9.75. The van der Waals surface area contributed by atoms with Crippen LogP contribution in [0.15, 0.2) is 6.20 Å². The van der Waals surface area contributed by atoms with Crippen LogP contribution in [0.3, 0.4) is 0 Å². The van der Waals surface area contributed by atoms with Crippen LogP contribution in [0.1, 0.15) is 70.2 Å². The molecule has 3 rings (SSSR count). The van der Waals surface area contributed by atoms with Crippen LogP contribution in [0.4, 0.5) is 0 Å². The van der Waals surface area contributed by atoms with Crippen LogP contribution in [0.5, 0.6) is 0 Å². The molecular formula is C22H37N3O3. The number of methoxy groups -OCH3 is 1. The van der Waals surface area contributed by atoms with Crippen LogP contribution in [0.2, 0.25) is 0 Å². The van der Waals surface area contributed by atoms with Gasteiger partial charge in [-0.3, -0.25) is 9.48 Å². The first-order valence-electron chi connectivity index (χ1n) is 10.9. The fraction of sp³-hybridized carbons (Fsp3) is 0.818. The molecule has 1 heterocycles. The number of carbonyl (C=O) groups excluding carboxylic acids is 1. The predicted octanol–water partition coefficient (Wildman–Crippen LogP) is 3.50. The maximum atomic E-state index is 12.7. The second-order valence-corrected chi connectivity index (χ2v) is 8.96. The van der Waals surface area contributed by atoms with Crippen molar-refractivity contribution in [3.05, 3.63) is 17.5 Å². The van der Waals surface area contributed by atoms with Crippen molar-refractivity contribution >= 4 is 5.91 Å². The Morgan fingerprint density at radius 1 is 1.36 bits per heavy atom. The maximum Gasteiger partial charge on any atom is 0.246 e. The van der Waals surface area contributed by atoms with Crippen LogP contribution >= 0.6 is 0 Å². The van der Waals surface area contributed by atoms with Gasteiger partial charge in [0.15, 0.2) is 0 Å². The van der Waals surface area contributed by atoms with Crippen molar-refractivity contribution in [2.75, 3.05) is 20.3 Å². The quantitative estimate of drug-likeness (QED) is 0.737. The van der Waals surface area contributed by atoms with E-state index in [1.165, 1.54) is 18.4 Å². The van der Waals surface area contributed by atoms with Crippen LogP contribution in [-0.4, -0.2) is 42.1 Å². The summed E-state index contributed by atoms with van der Waals surface area (Å²) in [7, 11) is 1.70. The monoisotopic (exact) mass is 391 g/mol. The third kappa shape index (κ3) is 5.15. The van der Waals surface area contributed by atoms with E-state index < -0.39 is 0 Å². The van der Waals surface area contributed by atoms with Crippen molar-refractivity contribution < 1.29 is 14.3 Å². The third-order valence-electron chi connectivity index (χ3n) is 6.46. The fourth-order valence-electron chi connectivity index (χ4n) is 4.88. The molecule has 2 aliphatic rings. The van der Waals surface area contributed by atoms with Gasteiger partial charge in [0.2, 0.25) is 5.91 Å². The molecule has 0 radical (unpaired) electrons. The summed E-state index contributed by atoms with van der Waals surface area (Å²) < 4.78 is 13.3. The van der Waals surface area contributed by atoms with Gasteiger partial charge < -0.3 is 14.8 Å². The highest BCUT2D eigenvalue weighted by Gasteiger charge is 2.32. The minimum absolute atomic E-state index is 0.0157. The first-order valence-corrected chi connectivity index (χ1v) is 10.9. The standard InChI is InChI=1S/C22H37N3O3/c1-15(2)18-9-8-16(3)12-20(18)28-14-21(26)24-19-7-5-6-17-13-23-25(22(17)19)10-11-27-4/h13,15-16,18-20H,5-12,14H2,1-4H3,(H,24,26). The average Bonchev–Trinajstić information content (AvgIpc) is 3.08. The lowest BCUT2D eigenvalue weighted by Crippen LogP contribution is -2.39. The summed E-state index contributed by atoms with van der Waals surface area (Å²) in [6.45, 7) is 8.30. The largest absolute Gasteiger partial charge is 0.383 e. The average molecular weight is 392 g/mol. The summed E-state index contributed by atoms with van der Waals surface area (Å²) in [6.07, 6.45) is 8.73. The minimum atomic E-state index is -0.0157. The molecular weight excluding hydrogens is 354 g/mol. The second kappa shape index (κ2) is 9.88. The lowest BCUT2D eigenvalue weighted by Gasteiger charge is -2.37. The molecule has 0 aromatic carbocycles. The van der Waals surface area contributed by atoms with Crippen LogP contribution in [-0.2, 0) is 27.2 Å². The molecule has 0 saturated heterocycles. The van der Waals surface area contributed by atoms with E-state index in [0.717, 1.165) is 31.4 Å². The molecule has 0 aliphatic heterocycles. The van der Waals surface area contributed by atoms with Gasteiger partial charge in [-0.15, -0.1) is 0 Å². The molecule has 1 N–H and O–H groups in total. The van der Waals surface area contributed by atoms with Crippen molar-refractivity contribution in [3.63, 3.8) is 0 Å². The Hall–Kier alpha value is -1.40. The highest BCUT2D eigenvalue weighted by Crippen LogP contribution is 2.35. The third-order valence-corrected chi connectivity index (χ3v) is 6.46. The van der Waals surface area contributed by atoms with E-state index in [4.69, 9.17) is 9.47 Å². The maximum absolute atomic E-state index is 12.7. The molecule has 4 unspecified atom stereocenters. The van der Waals surface area contributed by atoms with E-state index in [9.17, 15) is 4.79 Å². The van der Waals surface area contributed by atoms with Crippen LogP contribution in [0, 0.1) is 17.8 Å². The zero-order valence-electron chi connectivity index (χ0n) is 17.9. The molecule has 6 nitrogen and oxygen atoms in total. The zero-order chi connectivity index (χ0) is 20.1. The van der Waals surface area contributed by atoms with E-state index in [2.05, 4.69) is 31.2 Å². The van der Waals surface area contributed by atoms with Gasteiger partial charge >= 0.3 is 0 Å². The van der Waals surface area contributed by atoms with Crippen molar-refractivity contribution in [2.24, 2.45) is 17.8 Å². The molecule has 1 amide bonds. The highest BCUT2D eigenvalue weighted by atomic mass is 16.5. The van der Waals surface area contributed by atoms with Gasteiger partial charge in [-0.1, -0.05) is 27.2 Å². The van der Waals surface area contributed by atoms with Gasteiger partial charge in [0.1, 0.15) is 6.61 Å². The Bertz CT molecular complexity index is 643. The van der Waals surface area contributed by atoms with Gasteiger partial charge in [0.25, 0.3) is 0 Å². The molecule has 1 fully saturated rings. The normalized spacial score (nSPS) is 27.6. The SMILES string of the molecule is COCCn1ncc2c1C(NC(=O)COC1CC(C)CCC1C(C)C)CCC2. The van der Waals surface area contributed by atoms with Crippen molar-refractivity contribution in [1.82, 2.24) is 15.1 Å². The molecule has 0 bridgehead atoms. The van der Waals surface area contributed by atoms with Gasteiger partial charge in [-0.05, 0) is 55.4 Å². The molecule has 1 aromatic heterocycles. The summed E-state index contributed by atoms with van der Waals surface area (Å²) in [6, 6.07) is 0.0189. The second-order valence-electron chi connectivity index (χ2n) is 8.96. The van der Waals surface area contributed by atoms with Crippen molar-refractivity contribution in [1.29, 1.82) is 0 Å². The Labute approximate surface area is 169 Å². The molecule has 4 atom stereocenters. The topological polar surface area (TPSA) is 65.4 Å². The van der Waals surface area contributed by atoms with Gasteiger partial charge in [0.05, 0.1) is 37.2 Å². The van der Waals surface area contributed by atoms with Crippen molar-refractivity contribution in [3.8, 4) is 0 Å². The Balaban J connectivity index is 1.57. The number of aromatic nitrogens is 2. The molecule has 28 heavy (non-hydrogen) atoms. The zero-order valence-corrected chi connectivity index (χ0v) is 17.9. The lowest BCUT2D eigenvalue weighted by molar-refractivity contribution is -0.132. The van der Waals surface area contributed by atoms with E-state index in [0.29, 0.717) is 30.9 Å². The first kappa shape index (κ1) is 21.3. The Kier molecular flexibility index (Phi) is 7.52. The molecule has 1 aromatic rings. The number of carbonyl (C=O) groups is 1. The number of hydrogen-bond acceptors (Lipinski definition) is 4. The number of amides is 1. The minimum Gasteiger partial charge on any atom is -0.383 e. The summed E-state index contributed by atoms with van der Waals surface area (Å²) >= 11 is 0. The van der Waals surface area contributed by atoms with Gasteiger partial charge in [-0.25, -0.2) is 0 Å². The number of hydrogen-bond donors (Lipinski definition) is 1. The smallest absolute Gasteiger partial charge is 0.246 e. The summed E-state index contributed by atoms with van der Waals surface area (Å²) in [4.78, 5) is 12.7. The van der Waals surface area contributed by atoms with E-state index >= 15 is 0 Å². The molecule has 0 spiro atoms. The number of nitrogens with zero attached hydrogens (tertiary/aromatic N) is 2. The molecule has 2 aliphatic carbocycles. The highest BCUT2D eigenvalue weighted by molar-refractivity contribution is 5.77. The number of aryl methyl sites for hydroxylation is 1. The summed E-state index contributed by atoms with van der Waals surface area (Å²) in [5.74, 6) is 1.81. The molecule has 158 valence electrons. The first-order chi connectivity index (χ1) is 13.5.